The minimum absolute atomic E-state index is 0.659. The van der Waals surface area contributed by atoms with E-state index in [2.05, 4.69) is 37.1 Å². The van der Waals surface area contributed by atoms with E-state index in [1.165, 1.54) is 29.7 Å². The Morgan fingerprint density at radius 1 is 1.44 bits per heavy atom. The van der Waals surface area contributed by atoms with Crippen LogP contribution in [0.25, 0.3) is 0 Å². The second kappa shape index (κ2) is 4.88. The highest BCUT2D eigenvalue weighted by molar-refractivity contribution is 5.64. The van der Waals surface area contributed by atoms with Crippen molar-refractivity contribution >= 4 is 5.69 Å². The molecular weight excluding hydrogens is 196 g/mol. The Balaban J connectivity index is 2.21. The molecule has 0 aliphatic carbocycles. The van der Waals surface area contributed by atoms with Crippen LogP contribution in [0.5, 0.6) is 0 Å². The van der Waals surface area contributed by atoms with E-state index in [0.717, 1.165) is 19.4 Å². The van der Waals surface area contributed by atoms with Gasteiger partial charge in [0, 0.05) is 18.8 Å². The van der Waals surface area contributed by atoms with Crippen molar-refractivity contribution < 1.29 is 0 Å². The lowest BCUT2D eigenvalue weighted by atomic mass is 10.0. The molecule has 0 amide bonds. The molecule has 1 atom stereocenters. The van der Waals surface area contributed by atoms with Crippen LogP contribution in [-0.2, 0) is 12.8 Å². The number of anilines is 1. The maximum absolute atomic E-state index is 5.59. The van der Waals surface area contributed by atoms with Crippen molar-refractivity contribution in [1.82, 2.24) is 0 Å². The summed E-state index contributed by atoms with van der Waals surface area (Å²) in [5.41, 5.74) is 10.1. The number of hydrogen-bond acceptors (Lipinski definition) is 2. The molecule has 88 valence electrons. The van der Waals surface area contributed by atoms with Crippen LogP contribution in [0.2, 0.25) is 0 Å². The molecule has 0 saturated carbocycles. The molecule has 0 saturated heterocycles. The first-order valence-corrected chi connectivity index (χ1v) is 6.31. The van der Waals surface area contributed by atoms with Crippen molar-refractivity contribution in [3.63, 3.8) is 0 Å². The zero-order valence-electron chi connectivity index (χ0n) is 10.4. The number of likely N-dealkylation sites (N-methyl/N-ethyl adjacent to an activating group) is 1. The Hall–Kier alpha value is -1.02. The lowest BCUT2D eigenvalue weighted by Gasteiger charge is -2.24. The molecule has 2 nitrogen and oxygen atoms in total. The number of hydrogen-bond donors (Lipinski definition) is 1. The molecule has 1 unspecified atom stereocenters. The molecule has 2 rings (SSSR count). The monoisotopic (exact) mass is 218 g/mol. The Labute approximate surface area is 98.4 Å². The average Bonchev–Trinajstić information content (AvgIpc) is 2.64. The minimum Gasteiger partial charge on any atom is -0.371 e. The van der Waals surface area contributed by atoms with Crippen LogP contribution in [0.15, 0.2) is 18.2 Å². The summed E-state index contributed by atoms with van der Waals surface area (Å²) >= 11 is 0. The van der Waals surface area contributed by atoms with Crippen LogP contribution in [0.1, 0.15) is 30.9 Å². The predicted octanol–water partition coefficient (Wildman–Crippen LogP) is 2.35. The third-order valence-electron chi connectivity index (χ3n) is 3.68. The van der Waals surface area contributed by atoms with Gasteiger partial charge >= 0.3 is 0 Å². The second-order valence-corrected chi connectivity index (χ2v) is 4.68. The van der Waals surface area contributed by atoms with Gasteiger partial charge in [0.2, 0.25) is 0 Å². The van der Waals surface area contributed by atoms with E-state index in [-0.39, 0.29) is 0 Å². The molecular formula is C14H22N2. The minimum atomic E-state index is 0.659. The van der Waals surface area contributed by atoms with Crippen molar-refractivity contribution in [2.75, 3.05) is 18.5 Å². The van der Waals surface area contributed by atoms with Gasteiger partial charge in [0.1, 0.15) is 0 Å². The summed E-state index contributed by atoms with van der Waals surface area (Å²) < 4.78 is 0. The van der Waals surface area contributed by atoms with Gasteiger partial charge in [-0.3, -0.25) is 0 Å². The molecule has 0 radical (unpaired) electrons. The molecule has 2 N–H and O–H groups in total. The summed E-state index contributed by atoms with van der Waals surface area (Å²) in [6, 6.07) is 7.37. The molecule has 2 heteroatoms. The summed E-state index contributed by atoms with van der Waals surface area (Å²) in [4.78, 5) is 2.46. The average molecular weight is 218 g/mol. The zero-order valence-corrected chi connectivity index (χ0v) is 10.4. The first-order valence-electron chi connectivity index (χ1n) is 6.31. The topological polar surface area (TPSA) is 29.3 Å². The third kappa shape index (κ3) is 1.94. The fourth-order valence-electron chi connectivity index (χ4n) is 2.77. The van der Waals surface area contributed by atoms with E-state index < -0.39 is 0 Å². The maximum Gasteiger partial charge on any atom is 0.0432 e. The lowest BCUT2D eigenvalue weighted by Crippen LogP contribution is -2.28. The van der Waals surface area contributed by atoms with E-state index in [1.807, 2.05) is 0 Å². The number of nitrogens with zero attached hydrogens (tertiary/aromatic N) is 1. The molecule has 0 bridgehead atoms. The molecule has 1 aromatic rings. The van der Waals surface area contributed by atoms with Gasteiger partial charge in [0.15, 0.2) is 0 Å². The molecule has 1 aliphatic rings. The predicted molar refractivity (Wildman–Crippen MR) is 70.0 cm³/mol. The highest BCUT2D eigenvalue weighted by atomic mass is 15.2. The van der Waals surface area contributed by atoms with Gasteiger partial charge in [-0.15, -0.1) is 0 Å². The van der Waals surface area contributed by atoms with E-state index in [4.69, 9.17) is 5.73 Å². The normalized spacial score (nSPS) is 18.9. The van der Waals surface area contributed by atoms with Crippen LogP contribution >= 0.6 is 0 Å². The van der Waals surface area contributed by atoms with E-state index in [9.17, 15) is 0 Å². The van der Waals surface area contributed by atoms with Crippen molar-refractivity contribution in [2.24, 2.45) is 5.73 Å². The molecule has 1 aromatic carbocycles. The first-order chi connectivity index (χ1) is 7.77. The van der Waals surface area contributed by atoms with E-state index in [1.54, 1.807) is 0 Å². The Morgan fingerprint density at radius 2 is 2.25 bits per heavy atom. The standard InChI is InChI=1S/C14H22N2/c1-3-11-6-4-7-12-10-13(8-5-9-15)16(2)14(11)12/h4,6-7,13H,3,5,8-10,15H2,1-2H3. The van der Waals surface area contributed by atoms with Gasteiger partial charge in [-0.25, -0.2) is 0 Å². The van der Waals surface area contributed by atoms with Crippen LogP contribution in [0.4, 0.5) is 5.69 Å². The molecule has 16 heavy (non-hydrogen) atoms. The highest BCUT2D eigenvalue weighted by Crippen LogP contribution is 2.35. The number of fused-ring (bicyclic) bond motifs is 1. The Morgan fingerprint density at radius 3 is 2.94 bits per heavy atom. The van der Waals surface area contributed by atoms with Crippen molar-refractivity contribution in [3.05, 3.63) is 29.3 Å². The summed E-state index contributed by atoms with van der Waals surface area (Å²) in [6.45, 7) is 3.04. The lowest BCUT2D eigenvalue weighted by molar-refractivity contribution is 0.583. The zero-order chi connectivity index (χ0) is 11.5. The summed E-state index contributed by atoms with van der Waals surface area (Å²) in [7, 11) is 2.23. The van der Waals surface area contributed by atoms with Gasteiger partial charge in [-0.2, -0.15) is 0 Å². The van der Waals surface area contributed by atoms with E-state index >= 15 is 0 Å². The fourth-order valence-corrected chi connectivity index (χ4v) is 2.77. The van der Waals surface area contributed by atoms with Crippen LogP contribution < -0.4 is 10.6 Å². The SMILES string of the molecule is CCc1cccc2c1N(C)C(CCCN)C2. The highest BCUT2D eigenvalue weighted by Gasteiger charge is 2.27. The molecule has 0 spiro atoms. The second-order valence-electron chi connectivity index (χ2n) is 4.68. The van der Waals surface area contributed by atoms with Gasteiger partial charge in [-0.05, 0) is 43.4 Å². The van der Waals surface area contributed by atoms with Gasteiger partial charge in [-0.1, -0.05) is 25.1 Å². The van der Waals surface area contributed by atoms with Crippen molar-refractivity contribution in [2.45, 2.75) is 38.6 Å². The maximum atomic E-state index is 5.59. The van der Waals surface area contributed by atoms with Crippen LogP contribution in [0, 0.1) is 0 Å². The molecule has 0 aromatic heterocycles. The molecule has 0 fully saturated rings. The van der Waals surface area contributed by atoms with Gasteiger partial charge < -0.3 is 10.6 Å². The Kier molecular flexibility index (Phi) is 3.49. The number of nitrogens with two attached hydrogens (primary N) is 1. The third-order valence-corrected chi connectivity index (χ3v) is 3.68. The fraction of sp³-hybridized carbons (Fsp3) is 0.571. The summed E-state index contributed by atoms with van der Waals surface area (Å²) in [5, 5.41) is 0. The summed E-state index contributed by atoms with van der Waals surface area (Å²) in [6.07, 6.45) is 4.66. The van der Waals surface area contributed by atoms with Crippen LogP contribution in [0.3, 0.4) is 0 Å². The number of benzene rings is 1. The first kappa shape index (κ1) is 11.5. The number of para-hydroxylation sites is 1. The van der Waals surface area contributed by atoms with Crippen molar-refractivity contribution in [1.29, 1.82) is 0 Å². The quantitative estimate of drug-likeness (QED) is 0.840. The summed E-state index contributed by atoms with van der Waals surface area (Å²) in [5.74, 6) is 0. The number of rotatable bonds is 4. The Bertz CT molecular complexity index is 360. The van der Waals surface area contributed by atoms with Gasteiger partial charge in [0.25, 0.3) is 0 Å². The molecule has 1 aliphatic heterocycles. The van der Waals surface area contributed by atoms with E-state index in [0.29, 0.717) is 6.04 Å². The largest absolute Gasteiger partial charge is 0.371 e. The van der Waals surface area contributed by atoms with Gasteiger partial charge in [0.05, 0.1) is 0 Å². The number of aryl methyl sites for hydroxylation is 1. The van der Waals surface area contributed by atoms with Crippen molar-refractivity contribution in [3.8, 4) is 0 Å². The smallest absolute Gasteiger partial charge is 0.0432 e. The molecule has 1 heterocycles. The van der Waals surface area contributed by atoms with Crippen LogP contribution in [-0.4, -0.2) is 19.6 Å².